The molecule has 2 atom stereocenters. The second-order valence-corrected chi connectivity index (χ2v) is 6.27. The lowest BCUT2D eigenvalue weighted by atomic mass is 9.92. The molecule has 20 heavy (non-hydrogen) atoms. The van der Waals surface area contributed by atoms with Crippen molar-refractivity contribution in [3.8, 4) is 0 Å². The van der Waals surface area contributed by atoms with E-state index >= 15 is 0 Å². The largest absolute Gasteiger partial charge is 0.314 e. The number of aromatic nitrogens is 2. The van der Waals surface area contributed by atoms with Gasteiger partial charge in [-0.25, -0.2) is 9.97 Å². The molecule has 0 spiro atoms. The zero-order valence-corrected chi connectivity index (χ0v) is 13.3. The Hall–Kier alpha value is -1.00. The summed E-state index contributed by atoms with van der Waals surface area (Å²) in [6.07, 6.45) is 5.77. The number of hydrogen-bond donors (Lipinski definition) is 1. The molecule has 0 amide bonds. The van der Waals surface area contributed by atoms with E-state index < -0.39 is 0 Å². The van der Waals surface area contributed by atoms with Crippen LogP contribution in [0.5, 0.6) is 0 Å². The van der Waals surface area contributed by atoms with E-state index in [4.69, 9.17) is 0 Å². The molecule has 1 saturated heterocycles. The molecule has 0 bridgehead atoms. The fourth-order valence-electron chi connectivity index (χ4n) is 3.13. The van der Waals surface area contributed by atoms with Gasteiger partial charge in [-0.15, -0.1) is 0 Å². The Labute approximate surface area is 123 Å². The predicted molar refractivity (Wildman–Crippen MR) is 82.6 cm³/mol. The van der Waals surface area contributed by atoms with Crippen LogP contribution in [0, 0.1) is 12.8 Å². The van der Waals surface area contributed by atoms with Gasteiger partial charge in [0.1, 0.15) is 5.82 Å². The van der Waals surface area contributed by atoms with Gasteiger partial charge in [-0.2, -0.15) is 0 Å². The number of aryl methyl sites for hydroxylation is 1. The van der Waals surface area contributed by atoms with Gasteiger partial charge in [-0.3, -0.25) is 4.90 Å². The lowest BCUT2D eigenvalue weighted by molar-refractivity contribution is 0.182. The summed E-state index contributed by atoms with van der Waals surface area (Å²) in [5, 5.41) is 3.61. The smallest absolute Gasteiger partial charge is 0.125 e. The fraction of sp³-hybridized carbons (Fsp3) is 0.750. The molecule has 1 aromatic rings. The van der Waals surface area contributed by atoms with E-state index in [1.165, 1.54) is 25.0 Å². The topological polar surface area (TPSA) is 41.1 Å². The van der Waals surface area contributed by atoms with Crippen LogP contribution in [0.15, 0.2) is 12.3 Å². The molecule has 1 N–H and O–H groups in total. The van der Waals surface area contributed by atoms with E-state index in [9.17, 15) is 0 Å². The van der Waals surface area contributed by atoms with Crippen LogP contribution in [0.25, 0.3) is 0 Å². The molecule has 1 fully saturated rings. The first kappa shape index (κ1) is 15.4. The predicted octanol–water partition coefficient (Wildman–Crippen LogP) is 2.56. The second kappa shape index (κ2) is 7.14. The van der Waals surface area contributed by atoms with E-state index in [0.717, 1.165) is 18.9 Å². The maximum Gasteiger partial charge on any atom is 0.125 e. The summed E-state index contributed by atoms with van der Waals surface area (Å²) in [5.41, 5.74) is 1.18. The van der Waals surface area contributed by atoms with Crippen LogP contribution in [-0.4, -0.2) is 41.0 Å². The molecular formula is C16H28N4. The molecule has 0 aliphatic carbocycles. The van der Waals surface area contributed by atoms with Gasteiger partial charge < -0.3 is 5.32 Å². The van der Waals surface area contributed by atoms with Crippen molar-refractivity contribution in [2.24, 2.45) is 5.92 Å². The number of nitrogens with zero attached hydrogens (tertiary/aromatic N) is 3. The van der Waals surface area contributed by atoms with Gasteiger partial charge in [-0.05, 0) is 45.3 Å². The third-order valence-corrected chi connectivity index (χ3v) is 4.15. The highest BCUT2D eigenvalue weighted by Crippen LogP contribution is 2.32. The molecular weight excluding hydrogens is 248 g/mol. The van der Waals surface area contributed by atoms with Gasteiger partial charge in [-0.1, -0.05) is 20.3 Å². The minimum Gasteiger partial charge on any atom is -0.314 e. The average molecular weight is 276 g/mol. The molecule has 2 unspecified atom stereocenters. The van der Waals surface area contributed by atoms with Crippen molar-refractivity contribution in [2.45, 2.75) is 52.1 Å². The minimum absolute atomic E-state index is 0.408. The van der Waals surface area contributed by atoms with E-state index in [-0.39, 0.29) is 0 Å². The SMILES string of the molecule is Cc1nccc(C2C(CNC(C)C)CCCCN2C)n1. The van der Waals surface area contributed by atoms with Crippen LogP contribution in [0.1, 0.15) is 50.7 Å². The highest BCUT2D eigenvalue weighted by molar-refractivity contribution is 5.10. The molecule has 1 aliphatic heterocycles. The van der Waals surface area contributed by atoms with Crippen molar-refractivity contribution in [2.75, 3.05) is 20.1 Å². The van der Waals surface area contributed by atoms with Crippen LogP contribution in [0.4, 0.5) is 0 Å². The van der Waals surface area contributed by atoms with E-state index in [0.29, 0.717) is 18.0 Å². The standard InChI is InChI=1S/C16H28N4/c1-12(2)18-11-14-7-5-6-10-20(4)16(14)15-8-9-17-13(3)19-15/h8-9,12,14,16,18H,5-7,10-11H2,1-4H3. The zero-order valence-electron chi connectivity index (χ0n) is 13.3. The maximum absolute atomic E-state index is 4.69. The van der Waals surface area contributed by atoms with Crippen LogP contribution in [0.3, 0.4) is 0 Å². The third-order valence-electron chi connectivity index (χ3n) is 4.15. The van der Waals surface area contributed by atoms with Crippen LogP contribution >= 0.6 is 0 Å². The summed E-state index contributed by atoms with van der Waals surface area (Å²) in [6, 6.07) is 3.03. The Bertz CT molecular complexity index is 419. The van der Waals surface area contributed by atoms with E-state index in [1.807, 2.05) is 13.1 Å². The van der Waals surface area contributed by atoms with Gasteiger partial charge in [0.2, 0.25) is 0 Å². The first-order valence-electron chi connectivity index (χ1n) is 7.81. The monoisotopic (exact) mass is 276 g/mol. The quantitative estimate of drug-likeness (QED) is 0.917. The van der Waals surface area contributed by atoms with Gasteiger partial charge in [0.25, 0.3) is 0 Å². The molecule has 0 radical (unpaired) electrons. The molecule has 0 aromatic carbocycles. The van der Waals surface area contributed by atoms with Crippen molar-refractivity contribution >= 4 is 0 Å². The molecule has 2 heterocycles. The van der Waals surface area contributed by atoms with Gasteiger partial charge in [0.05, 0.1) is 11.7 Å². The lowest BCUT2D eigenvalue weighted by Crippen LogP contribution is -2.37. The van der Waals surface area contributed by atoms with Gasteiger partial charge in [0, 0.05) is 18.8 Å². The Morgan fingerprint density at radius 2 is 2.20 bits per heavy atom. The summed E-state index contributed by atoms with van der Waals surface area (Å²) in [4.78, 5) is 11.4. The summed E-state index contributed by atoms with van der Waals surface area (Å²) >= 11 is 0. The first-order valence-corrected chi connectivity index (χ1v) is 7.81. The third kappa shape index (κ3) is 4.00. The first-order chi connectivity index (χ1) is 9.58. The summed E-state index contributed by atoms with van der Waals surface area (Å²) < 4.78 is 0. The summed E-state index contributed by atoms with van der Waals surface area (Å²) in [5.74, 6) is 1.50. The molecule has 4 heteroatoms. The van der Waals surface area contributed by atoms with Gasteiger partial charge in [0.15, 0.2) is 0 Å². The van der Waals surface area contributed by atoms with Crippen LogP contribution in [-0.2, 0) is 0 Å². The Morgan fingerprint density at radius 3 is 2.90 bits per heavy atom. The van der Waals surface area contributed by atoms with Crippen molar-refractivity contribution in [3.63, 3.8) is 0 Å². The summed E-state index contributed by atoms with van der Waals surface area (Å²) in [7, 11) is 2.23. The Kier molecular flexibility index (Phi) is 5.49. The minimum atomic E-state index is 0.408. The Balaban J connectivity index is 2.21. The zero-order chi connectivity index (χ0) is 14.5. The highest BCUT2D eigenvalue weighted by Gasteiger charge is 2.30. The van der Waals surface area contributed by atoms with Crippen molar-refractivity contribution < 1.29 is 0 Å². The van der Waals surface area contributed by atoms with E-state index in [1.54, 1.807) is 0 Å². The Morgan fingerprint density at radius 1 is 1.40 bits per heavy atom. The summed E-state index contributed by atoms with van der Waals surface area (Å²) in [6.45, 7) is 8.62. The average Bonchev–Trinajstić information content (AvgIpc) is 2.58. The van der Waals surface area contributed by atoms with Crippen molar-refractivity contribution in [1.82, 2.24) is 20.2 Å². The molecule has 4 nitrogen and oxygen atoms in total. The molecule has 1 aromatic heterocycles. The number of rotatable bonds is 4. The normalized spacial score (nSPS) is 24.9. The fourth-order valence-corrected chi connectivity index (χ4v) is 3.13. The van der Waals surface area contributed by atoms with Crippen LogP contribution in [0.2, 0.25) is 0 Å². The molecule has 0 saturated carbocycles. The van der Waals surface area contributed by atoms with Crippen molar-refractivity contribution in [3.05, 3.63) is 23.8 Å². The van der Waals surface area contributed by atoms with E-state index in [2.05, 4.69) is 47.1 Å². The molecule has 2 rings (SSSR count). The van der Waals surface area contributed by atoms with Gasteiger partial charge >= 0.3 is 0 Å². The maximum atomic E-state index is 4.69. The van der Waals surface area contributed by atoms with Crippen LogP contribution < -0.4 is 5.32 Å². The molecule has 1 aliphatic rings. The number of likely N-dealkylation sites (tertiary alicyclic amines) is 1. The lowest BCUT2D eigenvalue weighted by Gasteiger charge is -2.32. The molecule has 112 valence electrons. The van der Waals surface area contributed by atoms with Crippen molar-refractivity contribution in [1.29, 1.82) is 0 Å². The number of nitrogens with one attached hydrogen (secondary N) is 1. The highest BCUT2D eigenvalue weighted by atomic mass is 15.2. The number of hydrogen-bond acceptors (Lipinski definition) is 4. The second-order valence-electron chi connectivity index (χ2n) is 6.27.